The highest BCUT2D eigenvalue weighted by molar-refractivity contribution is 5.83. The Labute approximate surface area is 121 Å². The molecule has 0 amide bonds. The normalized spacial score (nSPS) is 11.0. The Balaban J connectivity index is 1.73. The van der Waals surface area contributed by atoms with Crippen molar-refractivity contribution < 1.29 is 19.9 Å². The van der Waals surface area contributed by atoms with Crippen LogP contribution in [0.5, 0.6) is 11.5 Å². The Morgan fingerprint density at radius 3 is 1.62 bits per heavy atom. The molecule has 0 bridgehead atoms. The van der Waals surface area contributed by atoms with Crippen molar-refractivity contribution in [1.29, 1.82) is 0 Å². The molecule has 6 nitrogen and oxygen atoms in total. The quantitative estimate of drug-likeness (QED) is 0.370. The molecule has 0 spiro atoms. The van der Waals surface area contributed by atoms with Crippen LogP contribution in [0.2, 0.25) is 0 Å². The first-order valence-electron chi connectivity index (χ1n) is 6.14. The number of phenolic OH excluding ortho intramolecular Hbond substituents is 2. The molecule has 0 aromatic heterocycles. The Kier molecular flexibility index (Phi) is 5.17. The zero-order chi connectivity index (χ0) is 14.9. The number of para-hydroxylation sites is 2. The summed E-state index contributed by atoms with van der Waals surface area (Å²) < 4.78 is 0. The van der Waals surface area contributed by atoms with Crippen LogP contribution in [0.3, 0.4) is 0 Å². The summed E-state index contributed by atoms with van der Waals surface area (Å²) in [6, 6.07) is 13.5. The zero-order valence-electron chi connectivity index (χ0n) is 11.1. The van der Waals surface area contributed by atoms with Crippen molar-refractivity contribution >= 4 is 12.4 Å². The maximum absolute atomic E-state index is 9.48. The molecule has 108 valence electrons. The average Bonchev–Trinajstić information content (AvgIpc) is 2.50. The van der Waals surface area contributed by atoms with Crippen molar-refractivity contribution in [2.45, 2.75) is 0 Å². The highest BCUT2D eigenvalue weighted by Crippen LogP contribution is 2.13. The lowest BCUT2D eigenvalue weighted by atomic mass is 10.2. The third kappa shape index (κ3) is 4.54. The Morgan fingerprint density at radius 2 is 1.19 bits per heavy atom. The van der Waals surface area contributed by atoms with Crippen molar-refractivity contribution in [1.82, 2.24) is 0 Å². The molecule has 21 heavy (non-hydrogen) atoms. The molecule has 0 atom stereocenters. The van der Waals surface area contributed by atoms with Gasteiger partial charge in [0.1, 0.15) is 11.5 Å². The Hall–Kier alpha value is -3.02. The number of hydrogen-bond acceptors (Lipinski definition) is 6. The fourth-order valence-electron chi connectivity index (χ4n) is 1.47. The highest BCUT2D eigenvalue weighted by Gasteiger charge is 1.95. The molecule has 0 saturated carbocycles. The Morgan fingerprint density at radius 1 is 0.762 bits per heavy atom. The molecule has 0 aliphatic heterocycles. The summed E-state index contributed by atoms with van der Waals surface area (Å²) >= 11 is 0. The second-order valence-corrected chi connectivity index (χ2v) is 3.96. The summed E-state index contributed by atoms with van der Waals surface area (Å²) in [5.41, 5.74) is 1.07. The number of benzene rings is 2. The molecular formula is C15H14N2O4. The number of oxime groups is 2. The molecule has 0 unspecified atom stereocenters. The molecule has 6 heteroatoms. The molecule has 0 heterocycles. The predicted molar refractivity (Wildman–Crippen MR) is 78.4 cm³/mol. The summed E-state index contributed by atoms with van der Waals surface area (Å²) in [5.74, 6) is 0.228. The number of rotatable bonds is 6. The van der Waals surface area contributed by atoms with Crippen LogP contribution in [0, 0.1) is 0 Å². The van der Waals surface area contributed by atoms with Crippen LogP contribution in [0.4, 0.5) is 0 Å². The van der Waals surface area contributed by atoms with Gasteiger partial charge >= 0.3 is 0 Å². The van der Waals surface area contributed by atoms with Gasteiger partial charge in [-0.25, -0.2) is 0 Å². The van der Waals surface area contributed by atoms with Crippen LogP contribution in [-0.2, 0) is 9.68 Å². The van der Waals surface area contributed by atoms with E-state index < -0.39 is 0 Å². The topological polar surface area (TPSA) is 83.6 Å². The smallest absolute Gasteiger partial charge is 0.280 e. The van der Waals surface area contributed by atoms with Gasteiger partial charge in [0.25, 0.3) is 6.79 Å². The summed E-state index contributed by atoms with van der Waals surface area (Å²) in [6.07, 6.45) is 2.73. The van der Waals surface area contributed by atoms with Crippen LogP contribution in [0.15, 0.2) is 58.8 Å². The van der Waals surface area contributed by atoms with Crippen LogP contribution in [0.1, 0.15) is 11.1 Å². The first-order valence-corrected chi connectivity index (χ1v) is 6.14. The fourth-order valence-corrected chi connectivity index (χ4v) is 1.47. The van der Waals surface area contributed by atoms with E-state index >= 15 is 0 Å². The van der Waals surface area contributed by atoms with E-state index in [4.69, 9.17) is 9.68 Å². The van der Waals surface area contributed by atoms with Gasteiger partial charge in [0.05, 0.1) is 12.4 Å². The maximum Gasteiger partial charge on any atom is 0.280 e. The molecule has 0 radical (unpaired) electrons. The number of aromatic hydroxyl groups is 2. The van der Waals surface area contributed by atoms with Crippen molar-refractivity contribution in [2.75, 3.05) is 6.79 Å². The summed E-state index contributed by atoms with van der Waals surface area (Å²) in [6.45, 7) is -0.186. The summed E-state index contributed by atoms with van der Waals surface area (Å²) in [5, 5.41) is 26.2. The minimum Gasteiger partial charge on any atom is -0.507 e. The maximum atomic E-state index is 9.48. The molecule has 2 aromatic carbocycles. The van der Waals surface area contributed by atoms with Gasteiger partial charge in [-0.1, -0.05) is 34.6 Å². The number of hydrogen-bond donors (Lipinski definition) is 2. The predicted octanol–water partition coefficient (Wildman–Crippen LogP) is 2.46. The van der Waals surface area contributed by atoms with E-state index in [1.165, 1.54) is 12.4 Å². The van der Waals surface area contributed by atoms with Gasteiger partial charge in [0.2, 0.25) is 0 Å². The highest BCUT2D eigenvalue weighted by atomic mass is 16.8. The zero-order valence-corrected chi connectivity index (χ0v) is 11.1. The van der Waals surface area contributed by atoms with Gasteiger partial charge < -0.3 is 19.9 Å². The fraction of sp³-hybridized carbons (Fsp3) is 0.0667. The minimum absolute atomic E-state index is 0.114. The molecule has 2 N–H and O–H groups in total. The molecule has 2 rings (SSSR count). The minimum atomic E-state index is -0.186. The number of nitrogens with zero attached hydrogens (tertiary/aromatic N) is 2. The molecule has 0 saturated heterocycles. The van der Waals surface area contributed by atoms with Gasteiger partial charge in [-0.2, -0.15) is 0 Å². The van der Waals surface area contributed by atoms with E-state index in [2.05, 4.69) is 10.3 Å². The van der Waals surface area contributed by atoms with E-state index in [0.717, 1.165) is 0 Å². The third-order valence-corrected chi connectivity index (χ3v) is 2.51. The molecule has 0 fully saturated rings. The van der Waals surface area contributed by atoms with Gasteiger partial charge in [-0.3, -0.25) is 0 Å². The first-order chi connectivity index (χ1) is 10.3. The molecule has 2 aromatic rings. The molecule has 0 aliphatic carbocycles. The van der Waals surface area contributed by atoms with E-state index in [1.807, 2.05) is 0 Å². The van der Waals surface area contributed by atoms with Crippen LogP contribution < -0.4 is 0 Å². The van der Waals surface area contributed by atoms with Crippen molar-refractivity contribution in [3.63, 3.8) is 0 Å². The third-order valence-electron chi connectivity index (χ3n) is 2.51. The second-order valence-electron chi connectivity index (χ2n) is 3.96. The van der Waals surface area contributed by atoms with Gasteiger partial charge in [-0.05, 0) is 24.3 Å². The van der Waals surface area contributed by atoms with E-state index in [1.54, 1.807) is 48.5 Å². The van der Waals surface area contributed by atoms with Crippen LogP contribution in [0.25, 0.3) is 0 Å². The van der Waals surface area contributed by atoms with Crippen molar-refractivity contribution in [3.05, 3.63) is 59.7 Å². The first kappa shape index (κ1) is 14.4. The van der Waals surface area contributed by atoms with Gasteiger partial charge in [0, 0.05) is 11.1 Å². The SMILES string of the molecule is Oc1ccccc1C=NOCON=Cc1ccccc1O. The van der Waals surface area contributed by atoms with Gasteiger partial charge in [-0.15, -0.1) is 0 Å². The van der Waals surface area contributed by atoms with Crippen molar-refractivity contribution in [2.24, 2.45) is 10.3 Å². The lowest BCUT2D eigenvalue weighted by Crippen LogP contribution is -1.92. The van der Waals surface area contributed by atoms with E-state index in [0.29, 0.717) is 11.1 Å². The van der Waals surface area contributed by atoms with E-state index in [9.17, 15) is 10.2 Å². The number of phenols is 2. The van der Waals surface area contributed by atoms with E-state index in [-0.39, 0.29) is 18.3 Å². The largest absolute Gasteiger partial charge is 0.507 e. The molecular weight excluding hydrogens is 272 g/mol. The van der Waals surface area contributed by atoms with Crippen LogP contribution in [-0.4, -0.2) is 29.4 Å². The Bertz CT molecular complexity index is 586. The lowest BCUT2D eigenvalue weighted by molar-refractivity contribution is -0.0493. The summed E-state index contributed by atoms with van der Waals surface area (Å²) in [4.78, 5) is 9.64. The molecule has 0 aliphatic rings. The van der Waals surface area contributed by atoms with Crippen LogP contribution >= 0.6 is 0 Å². The average molecular weight is 286 g/mol. The summed E-state index contributed by atoms with van der Waals surface area (Å²) in [7, 11) is 0. The standard InChI is InChI=1S/C15H14N2O4/c18-14-7-3-1-5-12(14)9-16-20-11-21-17-10-13-6-2-4-8-15(13)19/h1-10,18-19H,11H2. The monoisotopic (exact) mass is 286 g/mol. The van der Waals surface area contributed by atoms with Gasteiger partial charge in [0.15, 0.2) is 0 Å². The second kappa shape index (κ2) is 7.54. The van der Waals surface area contributed by atoms with Crippen molar-refractivity contribution in [3.8, 4) is 11.5 Å². The lowest BCUT2D eigenvalue weighted by Gasteiger charge is -1.99.